The Labute approximate surface area is 96.0 Å². The van der Waals surface area contributed by atoms with Crippen molar-refractivity contribution >= 4 is 5.91 Å². The topological polar surface area (TPSA) is 72.9 Å². The molecule has 1 aromatic rings. The molecule has 0 aliphatic rings. The Morgan fingerprint density at radius 3 is 3.06 bits per heavy atom. The van der Waals surface area contributed by atoms with Crippen molar-refractivity contribution in [2.24, 2.45) is 11.7 Å². The molecule has 0 aromatic carbocycles. The summed E-state index contributed by atoms with van der Waals surface area (Å²) in [5.74, 6) is 0.106. The van der Waals surface area contributed by atoms with Gasteiger partial charge in [-0.05, 0) is 19.4 Å². The van der Waals surface area contributed by atoms with Crippen LogP contribution >= 0.6 is 0 Å². The molecule has 16 heavy (non-hydrogen) atoms. The Balaban J connectivity index is 2.08. The molecule has 1 unspecified atom stereocenters. The maximum Gasteiger partial charge on any atom is 0.222 e. The average molecular weight is 224 g/mol. The van der Waals surface area contributed by atoms with Gasteiger partial charge in [-0.25, -0.2) is 4.98 Å². The first-order valence-corrected chi connectivity index (χ1v) is 5.67. The molecule has 0 saturated carbocycles. The van der Waals surface area contributed by atoms with Gasteiger partial charge in [-0.2, -0.15) is 0 Å². The molecule has 1 rings (SSSR count). The van der Waals surface area contributed by atoms with Crippen LogP contribution in [0.1, 0.15) is 19.8 Å². The highest BCUT2D eigenvalue weighted by Gasteiger charge is 2.10. The second kappa shape index (κ2) is 7.00. The van der Waals surface area contributed by atoms with E-state index in [0.717, 1.165) is 19.4 Å². The van der Waals surface area contributed by atoms with E-state index in [4.69, 9.17) is 5.73 Å². The van der Waals surface area contributed by atoms with Gasteiger partial charge in [0.25, 0.3) is 0 Å². The molecule has 1 atom stereocenters. The zero-order valence-electron chi connectivity index (χ0n) is 9.72. The minimum absolute atomic E-state index is 0.0123. The lowest BCUT2D eigenvalue weighted by Crippen LogP contribution is -2.31. The van der Waals surface area contributed by atoms with Crippen LogP contribution < -0.4 is 11.1 Å². The highest BCUT2D eigenvalue weighted by molar-refractivity contribution is 5.78. The quantitative estimate of drug-likeness (QED) is 0.657. The molecular formula is C11H20N4O. The van der Waals surface area contributed by atoms with Gasteiger partial charge in [0.15, 0.2) is 0 Å². The highest BCUT2D eigenvalue weighted by Crippen LogP contribution is 1.99. The summed E-state index contributed by atoms with van der Waals surface area (Å²) in [5, 5.41) is 2.90. The number of amides is 1. The molecule has 1 aromatic heterocycles. The molecular weight excluding hydrogens is 204 g/mol. The first-order chi connectivity index (χ1) is 7.74. The minimum atomic E-state index is 0.0123. The number of imidazole rings is 1. The molecule has 90 valence electrons. The zero-order chi connectivity index (χ0) is 11.8. The van der Waals surface area contributed by atoms with Gasteiger partial charge in [-0.3, -0.25) is 4.79 Å². The number of hydrogen-bond acceptors (Lipinski definition) is 3. The predicted molar refractivity (Wildman–Crippen MR) is 62.7 cm³/mol. The third-order valence-corrected chi connectivity index (χ3v) is 2.50. The zero-order valence-corrected chi connectivity index (χ0v) is 9.72. The standard InChI is InChI=1S/C11H20N4O/c1-10(3-4-12)11(16)14-5-2-7-15-8-6-13-9-15/h6,8-10H,2-5,7,12H2,1H3,(H,14,16). The molecule has 0 bridgehead atoms. The van der Waals surface area contributed by atoms with Crippen LogP contribution in [0.3, 0.4) is 0 Å². The number of aromatic nitrogens is 2. The first-order valence-electron chi connectivity index (χ1n) is 5.67. The van der Waals surface area contributed by atoms with E-state index in [9.17, 15) is 4.79 Å². The SMILES string of the molecule is CC(CCN)C(=O)NCCCn1ccnc1. The fourth-order valence-corrected chi connectivity index (χ4v) is 1.45. The van der Waals surface area contributed by atoms with Crippen LogP contribution in [0.4, 0.5) is 0 Å². The van der Waals surface area contributed by atoms with Crippen molar-refractivity contribution < 1.29 is 4.79 Å². The van der Waals surface area contributed by atoms with Crippen molar-refractivity contribution in [2.75, 3.05) is 13.1 Å². The number of nitrogens with one attached hydrogen (secondary N) is 1. The van der Waals surface area contributed by atoms with Gasteiger partial charge in [-0.15, -0.1) is 0 Å². The number of hydrogen-bond donors (Lipinski definition) is 2. The molecule has 0 fully saturated rings. The van der Waals surface area contributed by atoms with Crippen LogP contribution in [0.15, 0.2) is 18.7 Å². The van der Waals surface area contributed by atoms with Crippen molar-refractivity contribution in [1.82, 2.24) is 14.9 Å². The maximum atomic E-state index is 11.5. The molecule has 1 amide bonds. The van der Waals surface area contributed by atoms with E-state index in [1.54, 1.807) is 12.5 Å². The largest absolute Gasteiger partial charge is 0.356 e. The van der Waals surface area contributed by atoms with E-state index in [1.165, 1.54) is 0 Å². The van der Waals surface area contributed by atoms with Crippen molar-refractivity contribution in [3.63, 3.8) is 0 Å². The predicted octanol–water partition coefficient (Wildman–Crippen LogP) is 0.374. The summed E-state index contributed by atoms with van der Waals surface area (Å²) in [4.78, 5) is 15.5. The average Bonchev–Trinajstić information content (AvgIpc) is 2.77. The molecule has 5 nitrogen and oxygen atoms in total. The van der Waals surface area contributed by atoms with Crippen LogP contribution in [-0.2, 0) is 11.3 Å². The Bertz CT molecular complexity index is 297. The monoisotopic (exact) mass is 224 g/mol. The molecule has 1 heterocycles. The van der Waals surface area contributed by atoms with E-state index in [2.05, 4.69) is 10.3 Å². The van der Waals surface area contributed by atoms with Crippen LogP contribution in [-0.4, -0.2) is 28.5 Å². The molecule has 0 radical (unpaired) electrons. The summed E-state index contributed by atoms with van der Waals surface area (Å²) in [6.45, 7) is 4.04. The van der Waals surface area contributed by atoms with E-state index in [1.807, 2.05) is 17.7 Å². The lowest BCUT2D eigenvalue weighted by molar-refractivity contribution is -0.124. The second-order valence-electron chi connectivity index (χ2n) is 3.92. The summed E-state index contributed by atoms with van der Waals surface area (Å²) in [6.07, 6.45) is 7.10. The number of carbonyl (C=O) groups is 1. The van der Waals surface area contributed by atoms with E-state index >= 15 is 0 Å². The highest BCUT2D eigenvalue weighted by atomic mass is 16.1. The smallest absolute Gasteiger partial charge is 0.222 e. The lowest BCUT2D eigenvalue weighted by atomic mass is 10.1. The second-order valence-corrected chi connectivity index (χ2v) is 3.92. The molecule has 0 saturated heterocycles. The van der Waals surface area contributed by atoms with Crippen LogP contribution in [0.25, 0.3) is 0 Å². The van der Waals surface area contributed by atoms with Crippen LogP contribution in [0.2, 0.25) is 0 Å². The molecule has 0 spiro atoms. The van der Waals surface area contributed by atoms with Gasteiger partial charge in [-0.1, -0.05) is 6.92 Å². The van der Waals surface area contributed by atoms with Gasteiger partial charge < -0.3 is 15.6 Å². The molecule has 3 N–H and O–H groups in total. The van der Waals surface area contributed by atoms with E-state index < -0.39 is 0 Å². The summed E-state index contributed by atoms with van der Waals surface area (Å²) in [5.41, 5.74) is 5.40. The van der Waals surface area contributed by atoms with Crippen molar-refractivity contribution in [3.8, 4) is 0 Å². The number of rotatable bonds is 7. The summed E-state index contributed by atoms with van der Waals surface area (Å²) < 4.78 is 2.00. The molecule has 0 aliphatic heterocycles. The van der Waals surface area contributed by atoms with Gasteiger partial charge in [0, 0.05) is 31.4 Å². The number of nitrogens with two attached hydrogens (primary N) is 1. The van der Waals surface area contributed by atoms with E-state index in [-0.39, 0.29) is 11.8 Å². The third kappa shape index (κ3) is 4.44. The first kappa shape index (κ1) is 12.7. The Morgan fingerprint density at radius 1 is 1.62 bits per heavy atom. The van der Waals surface area contributed by atoms with E-state index in [0.29, 0.717) is 13.1 Å². The van der Waals surface area contributed by atoms with Gasteiger partial charge in [0.05, 0.1) is 6.33 Å². The van der Waals surface area contributed by atoms with Crippen molar-refractivity contribution in [2.45, 2.75) is 26.3 Å². The Morgan fingerprint density at radius 2 is 2.44 bits per heavy atom. The fourth-order valence-electron chi connectivity index (χ4n) is 1.45. The summed E-state index contributed by atoms with van der Waals surface area (Å²) in [6, 6.07) is 0. The Kier molecular flexibility index (Phi) is 5.56. The summed E-state index contributed by atoms with van der Waals surface area (Å²) in [7, 11) is 0. The fraction of sp³-hybridized carbons (Fsp3) is 0.636. The lowest BCUT2D eigenvalue weighted by Gasteiger charge is -2.10. The minimum Gasteiger partial charge on any atom is -0.356 e. The normalized spacial score (nSPS) is 12.4. The number of carbonyl (C=O) groups excluding carboxylic acids is 1. The Hall–Kier alpha value is -1.36. The van der Waals surface area contributed by atoms with Crippen LogP contribution in [0.5, 0.6) is 0 Å². The van der Waals surface area contributed by atoms with Gasteiger partial charge in [0.1, 0.15) is 0 Å². The molecule has 5 heteroatoms. The number of nitrogens with zero attached hydrogens (tertiary/aromatic N) is 2. The van der Waals surface area contributed by atoms with Crippen molar-refractivity contribution in [3.05, 3.63) is 18.7 Å². The van der Waals surface area contributed by atoms with Gasteiger partial charge >= 0.3 is 0 Å². The van der Waals surface area contributed by atoms with Crippen molar-refractivity contribution in [1.29, 1.82) is 0 Å². The number of aryl methyl sites for hydroxylation is 1. The van der Waals surface area contributed by atoms with Gasteiger partial charge in [0.2, 0.25) is 5.91 Å². The van der Waals surface area contributed by atoms with Crippen LogP contribution in [0, 0.1) is 5.92 Å². The summed E-state index contributed by atoms with van der Waals surface area (Å²) >= 11 is 0. The maximum absolute atomic E-state index is 11.5. The third-order valence-electron chi connectivity index (χ3n) is 2.50. The molecule has 0 aliphatic carbocycles.